The van der Waals surface area contributed by atoms with E-state index >= 15 is 0 Å². The Balaban J connectivity index is 2.09. The van der Waals surface area contributed by atoms with Gasteiger partial charge >= 0.3 is 0 Å². The summed E-state index contributed by atoms with van der Waals surface area (Å²) in [6, 6.07) is 0. The van der Waals surface area contributed by atoms with E-state index in [9.17, 15) is 0 Å². The molecule has 3 N–H and O–H groups in total. The molecule has 1 aromatic heterocycles. The summed E-state index contributed by atoms with van der Waals surface area (Å²) in [5.41, 5.74) is 5.80. The molecule has 0 saturated heterocycles. The van der Waals surface area contributed by atoms with Crippen molar-refractivity contribution in [2.24, 2.45) is 5.73 Å². The zero-order valence-electron chi connectivity index (χ0n) is 8.54. The van der Waals surface area contributed by atoms with Crippen molar-refractivity contribution < 1.29 is 0 Å². The summed E-state index contributed by atoms with van der Waals surface area (Å²) in [5.74, 6) is 0.617. The third-order valence-corrected chi connectivity index (χ3v) is 3.14. The molecule has 0 aromatic carbocycles. The minimum absolute atomic E-state index is 0.00612. The molecule has 4 nitrogen and oxygen atoms in total. The molecule has 0 bridgehead atoms. The standard InChI is InChI=1S/C10H15ClN4/c11-8-5-13-9(14-6-8)15-10(7-12)3-1-2-4-10/h5-6H,1-4,7,12H2,(H,13,14,15). The number of nitrogens with two attached hydrogens (primary N) is 1. The van der Waals surface area contributed by atoms with E-state index in [2.05, 4.69) is 15.3 Å². The second-order valence-corrected chi connectivity index (χ2v) is 4.48. The second kappa shape index (κ2) is 4.33. The number of rotatable bonds is 3. The molecule has 1 aliphatic carbocycles. The van der Waals surface area contributed by atoms with E-state index < -0.39 is 0 Å². The van der Waals surface area contributed by atoms with Crippen molar-refractivity contribution in [1.29, 1.82) is 0 Å². The predicted molar refractivity (Wildman–Crippen MR) is 60.9 cm³/mol. The van der Waals surface area contributed by atoms with Crippen LogP contribution in [-0.2, 0) is 0 Å². The van der Waals surface area contributed by atoms with Crippen LogP contribution in [-0.4, -0.2) is 22.1 Å². The van der Waals surface area contributed by atoms with Gasteiger partial charge in [0.25, 0.3) is 0 Å². The van der Waals surface area contributed by atoms with Gasteiger partial charge in [0.05, 0.1) is 23.0 Å². The van der Waals surface area contributed by atoms with Crippen LogP contribution in [0.5, 0.6) is 0 Å². The van der Waals surface area contributed by atoms with Crippen LogP contribution in [0.4, 0.5) is 5.95 Å². The Labute approximate surface area is 94.2 Å². The van der Waals surface area contributed by atoms with Gasteiger partial charge in [-0.1, -0.05) is 24.4 Å². The first-order chi connectivity index (χ1) is 7.24. The second-order valence-electron chi connectivity index (χ2n) is 4.04. The highest BCUT2D eigenvalue weighted by Gasteiger charge is 2.32. The van der Waals surface area contributed by atoms with Gasteiger partial charge in [-0.15, -0.1) is 0 Å². The van der Waals surface area contributed by atoms with Gasteiger partial charge in [0.1, 0.15) is 0 Å². The number of nitrogens with one attached hydrogen (secondary N) is 1. The van der Waals surface area contributed by atoms with Gasteiger partial charge in [0.2, 0.25) is 5.95 Å². The summed E-state index contributed by atoms with van der Waals surface area (Å²) >= 11 is 5.72. The van der Waals surface area contributed by atoms with E-state index in [0.29, 0.717) is 17.5 Å². The summed E-state index contributed by atoms with van der Waals surface area (Å²) in [4.78, 5) is 8.25. The third kappa shape index (κ3) is 2.38. The molecule has 0 aliphatic heterocycles. The Hall–Kier alpha value is -0.870. The summed E-state index contributed by atoms with van der Waals surface area (Å²) < 4.78 is 0. The van der Waals surface area contributed by atoms with Gasteiger partial charge in [-0.2, -0.15) is 0 Å². The fraction of sp³-hybridized carbons (Fsp3) is 0.600. The highest BCUT2D eigenvalue weighted by atomic mass is 35.5. The van der Waals surface area contributed by atoms with E-state index in [4.69, 9.17) is 17.3 Å². The molecule has 5 heteroatoms. The SMILES string of the molecule is NCC1(Nc2ncc(Cl)cn2)CCCC1. The number of halogens is 1. The van der Waals surface area contributed by atoms with Crippen LogP contribution in [0.1, 0.15) is 25.7 Å². The van der Waals surface area contributed by atoms with E-state index in [0.717, 1.165) is 12.8 Å². The maximum Gasteiger partial charge on any atom is 0.223 e. The normalized spacial score (nSPS) is 19.1. The molecule has 2 rings (SSSR count). The fourth-order valence-corrected chi connectivity index (χ4v) is 2.14. The van der Waals surface area contributed by atoms with Gasteiger partial charge in [0.15, 0.2) is 0 Å². The minimum atomic E-state index is -0.00612. The first-order valence-electron chi connectivity index (χ1n) is 5.20. The molecule has 0 spiro atoms. The summed E-state index contributed by atoms with van der Waals surface area (Å²) in [7, 11) is 0. The molecular formula is C10H15ClN4. The zero-order valence-corrected chi connectivity index (χ0v) is 9.30. The number of anilines is 1. The topological polar surface area (TPSA) is 63.8 Å². The monoisotopic (exact) mass is 226 g/mol. The molecular weight excluding hydrogens is 212 g/mol. The molecule has 1 heterocycles. The Morgan fingerprint density at radius 2 is 1.93 bits per heavy atom. The van der Waals surface area contributed by atoms with Gasteiger partial charge in [-0.3, -0.25) is 0 Å². The lowest BCUT2D eigenvalue weighted by Crippen LogP contribution is -2.43. The molecule has 1 aromatic rings. The van der Waals surface area contributed by atoms with Crippen molar-refractivity contribution in [2.45, 2.75) is 31.2 Å². The van der Waals surface area contributed by atoms with Crippen LogP contribution in [0.15, 0.2) is 12.4 Å². The lowest BCUT2D eigenvalue weighted by molar-refractivity contribution is 0.489. The Morgan fingerprint density at radius 1 is 1.33 bits per heavy atom. The maximum atomic E-state index is 5.80. The van der Waals surface area contributed by atoms with Crippen LogP contribution < -0.4 is 11.1 Å². The first kappa shape index (κ1) is 10.6. The van der Waals surface area contributed by atoms with E-state index in [1.54, 1.807) is 12.4 Å². The number of hydrogen-bond donors (Lipinski definition) is 2. The van der Waals surface area contributed by atoms with Gasteiger partial charge in [0, 0.05) is 6.54 Å². The Bertz CT molecular complexity index is 319. The van der Waals surface area contributed by atoms with Crippen LogP contribution in [0.3, 0.4) is 0 Å². The lowest BCUT2D eigenvalue weighted by atomic mass is 9.98. The smallest absolute Gasteiger partial charge is 0.223 e. The van der Waals surface area contributed by atoms with Gasteiger partial charge < -0.3 is 11.1 Å². The summed E-state index contributed by atoms with van der Waals surface area (Å²) in [6.45, 7) is 0.624. The molecule has 82 valence electrons. The molecule has 15 heavy (non-hydrogen) atoms. The van der Waals surface area contributed by atoms with Crippen molar-refractivity contribution >= 4 is 17.5 Å². The molecule has 1 aliphatic rings. The van der Waals surface area contributed by atoms with Crippen molar-refractivity contribution in [3.05, 3.63) is 17.4 Å². The van der Waals surface area contributed by atoms with E-state index in [1.165, 1.54) is 12.8 Å². The van der Waals surface area contributed by atoms with Crippen LogP contribution >= 0.6 is 11.6 Å². The lowest BCUT2D eigenvalue weighted by Gasteiger charge is -2.28. The Morgan fingerprint density at radius 3 is 2.47 bits per heavy atom. The quantitative estimate of drug-likeness (QED) is 0.825. The van der Waals surface area contributed by atoms with E-state index in [1.807, 2.05) is 0 Å². The highest BCUT2D eigenvalue weighted by molar-refractivity contribution is 6.30. The highest BCUT2D eigenvalue weighted by Crippen LogP contribution is 2.31. The Kier molecular flexibility index (Phi) is 3.07. The first-order valence-corrected chi connectivity index (χ1v) is 5.58. The zero-order chi connectivity index (χ0) is 10.7. The van der Waals surface area contributed by atoms with Crippen molar-refractivity contribution in [1.82, 2.24) is 9.97 Å². The largest absolute Gasteiger partial charge is 0.348 e. The van der Waals surface area contributed by atoms with Crippen LogP contribution in [0.25, 0.3) is 0 Å². The maximum absolute atomic E-state index is 5.80. The molecule has 0 unspecified atom stereocenters. The van der Waals surface area contributed by atoms with Gasteiger partial charge in [-0.05, 0) is 12.8 Å². The fourth-order valence-electron chi connectivity index (χ4n) is 2.05. The molecule has 1 fully saturated rings. The van der Waals surface area contributed by atoms with Crippen molar-refractivity contribution in [3.8, 4) is 0 Å². The molecule has 1 saturated carbocycles. The number of hydrogen-bond acceptors (Lipinski definition) is 4. The predicted octanol–water partition coefficient (Wildman–Crippen LogP) is 1.81. The number of aromatic nitrogens is 2. The third-order valence-electron chi connectivity index (χ3n) is 2.95. The summed E-state index contributed by atoms with van der Waals surface area (Å²) in [5, 5.41) is 3.88. The molecule has 0 amide bonds. The molecule has 0 radical (unpaired) electrons. The minimum Gasteiger partial charge on any atom is -0.348 e. The van der Waals surface area contributed by atoms with Crippen molar-refractivity contribution in [3.63, 3.8) is 0 Å². The number of nitrogens with zero attached hydrogens (tertiary/aromatic N) is 2. The van der Waals surface area contributed by atoms with Crippen LogP contribution in [0.2, 0.25) is 5.02 Å². The van der Waals surface area contributed by atoms with E-state index in [-0.39, 0.29) is 5.54 Å². The summed E-state index contributed by atoms with van der Waals surface area (Å²) in [6.07, 6.45) is 7.81. The van der Waals surface area contributed by atoms with Crippen LogP contribution in [0, 0.1) is 0 Å². The van der Waals surface area contributed by atoms with Crippen molar-refractivity contribution in [2.75, 3.05) is 11.9 Å². The molecule has 0 atom stereocenters. The average Bonchev–Trinajstić information content (AvgIpc) is 2.71. The average molecular weight is 227 g/mol. The van der Waals surface area contributed by atoms with Gasteiger partial charge in [-0.25, -0.2) is 9.97 Å².